The number of nitrogens with one attached hydrogen (secondary N) is 2. The topological polar surface area (TPSA) is 78.5 Å². The van der Waals surface area contributed by atoms with Gasteiger partial charge in [-0.25, -0.2) is 0 Å². The predicted octanol–water partition coefficient (Wildman–Crippen LogP) is 2.95. The molecular formula is C20H21N3O3. The molecule has 1 atom stereocenters. The highest BCUT2D eigenvalue weighted by atomic mass is 16.2. The molecule has 2 aromatic rings. The van der Waals surface area contributed by atoms with Crippen LogP contribution in [-0.4, -0.2) is 23.8 Å². The monoisotopic (exact) mass is 351 g/mol. The van der Waals surface area contributed by atoms with E-state index in [9.17, 15) is 14.4 Å². The molecule has 0 spiro atoms. The van der Waals surface area contributed by atoms with E-state index < -0.39 is 0 Å². The second kappa shape index (κ2) is 7.39. The van der Waals surface area contributed by atoms with Crippen molar-refractivity contribution in [2.24, 2.45) is 0 Å². The molecule has 0 fully saturated rings. The largest absolute Gasteiger partial charge is 0.326 e. The predicted molar refractivity (Wildman–Crippen MR) is 101 cm³/mol. The molecule has 1 aliphatic heterocycles. The van der Waals surface area contributed by atoms with Crippen molar-refractivity contribution in [2.75, 3.05) is 15.5 Å². The number of para-hydroxylation sites is 1. The Morgan fingerprint density at radius 3 is 2.27 bits per heavy atom. The van der Waals surface area contributed by atoms with Crippen molar-refractivity contribution in [2.45, 2.75) is 32.7 Å². The zero-order chi connectivity index (χ0) is 18.7. The molecular weight excluding hydrogens is 330 g/mol. The summed E-state index contributed by atoms with van der Waals surface area (Å²) < 4.78 is 0. The molecule has 0 aromatic heterocycles. The Balaban J connectivity index is 1.61. The lowest BCUT2D eigenvalue weighted by atomic mass is 10.1. The van der Waals surface area contributed by atoms with Gasteiger partial charge in [0.1, 0.15) is 6.42 Å². The smallest absolute Gasteiger partial charge is 0.236 e. The van der Waals surface area contributed by atoms with Crippen molar-refractivity contribution in [1.82, 2.24) is 0 Å². The van der Waals surface area contributed by atoms with Gasteiger partial charge in [-0.15, -0.1) is 0 Å². The van der Waals surface area contributed by atoms with Crippen LogP contribution in [0, 0.1) is 0 Å². The summed E-state index contributed by atoms with van der Waals surface area (Å²) in [5, 5.41) is 5.37. The van der Waals surface area contributed by atoms with Crippen LogP contribution in [0.25, 0.3) is 0 Å². The van der Waals surface area contributed by atoms with Gasteiger partial charge in [0, 0.05) is 30.0 Å². The number of carbonyl (C=O) groups is 3. The average Bonchev–Trinajstić information content (AvgIpc) is 2.91. The van der Waals surface area contributed by atoms with Crippen molar-refractivity contribution >= 4 is 34.8 Å². The van der Waals surface area contributed by atoms with Gasteiger partial charge in [0.2, 0.25) is 17.7 Å². The molecule has 3 rings (SSSR count). The molecule has 1 heterocycles. The Bertz CT molecular complexity index is 846. The summed E-state index contributed by atoms with van der Waals surface area (Å²) in [6, 6.07) is 14.6. The molecule has 3 amide bonds. The highest BCUT2D eigenvalue weighted by molar-refractivity contribution is 6.10. The number of benzene rings is 2. The number of hydrogen-bond acceptors (Lipinski definition) is 3. The van der Waals surface area contributed by atoms with Crippen LogP contribution in [0.5, 0.6) is 0 Å². The van der Waals surface area contributed by atoms with Crippen LogP contribution in [0.2, 0.25) is 0 Å². The SMILES string of the molecule is CC(=O)Nc1ccc(NC(=O)CC(=O)N2c3ccccc3CC2C)cc1. The summed E-state index contributed by atoms with van der Waals surface area (Å²) in [7, 11) is 0. The summed E-state index contributed by atoms with van der Waals surface area (Å²) in [6.45, 7) is 3.41. The summed E-state index contributed by atoms with van der Waals surface area (Å²) in [5.41, 5.74) is 3.24. The zero-order valence-corrected chi connectivity index (χ0v) is 14.8. The Kier molecular flexibility index (Phi) is 5.02. The van der Waals surface area contributed by atoms with Crippen LogP contribution in [0.3, 0.4) is 0 Å². The fraction of sp³-hybridized carbons (Fsp3) is 0.250. The minimum absolute atomic E-state index is 0.0460. The second-order valence-electron chi connectivity index (χ2n) is 6.43. The van der Waals surface area contributed by atoms with Crippen LogP contribution < -0.4 is 15.5 Å². The quantitative estimate of drug-likeness (QED) is 0.831. The first-order chi connectivity index (χ1) is 12.4. The molecule has 0 saturated heterocycles. The van der Waals surface area contributed by atoms with Crippen molar-refractivity contribution < 1.29 is 14.4 Å². The van der Waals surface area contributed by atoms with Gasteiger partial charge in [-0.3, -0.25) is 14.4 Å². The zero-order valence-electron chi connectivity index (χ0n) is 14.8. The lowest BCUT2D eigenvalue weighted by molar-refractivity contribution is -0.125. The maximum absolute atomic E-state index is 12.6. The molecule has 2 aromatic carbocycles. The molecule has 6 heteroatoms. The Morgan fingerprint density at radius 1 is 1.00 bits per heavy atom. The molecule has 0 aliphatic carbocycles. The fourth-order valence-electron chi connectivity index (χ4n) is 3.21. The highest BCUT2D eigenvalue weighted by Crippen LogP contribution is 2.32. The number of amides is 3. The van der Waals surface area contributed by atoms with E-state index in [2.05, 4.69) is 10.6 Å². The molecule has 1 aliphatic rings. The molecule has 26 heavy (non-hydrogen) atoms. The second-order valence-corrected chi connectivity index (χ2v) is 6.43. The molecule has 0 radical (unpaired) electrons. The van der Waals surface area contributed by atoms with E-state index in [0.717, 1.165) is 17.7 Å². The van der Waals surface area contributed by atoms with E-state index >= 15 is 0 Å². The van der Waals surface area contributed by atoms with Crippen molar-refractivity contribution in [3.63, 3.8) is 0 Å². The molecule has 0 bridgehead atoms. The Morgan fingerprint density at radius 2 is 1.62 bits per heavy atom. The fourth-order valence-corrected chi connectivity index (χ4v) is 3.21. The van der Waals surface area contributed by atoms with Crippen molar-refractivity contribution in [3.8, 4) is 0 Å². The third kappa shape index (κ3) is 3.91. The van der Waals surface area contributed by atoms with E-state index in [-0.39, 0.29) is 30.2 Å². The first-order valence-electron chi connectivity index (χ1n) is 8.51. The maximum Gasteiger partial charge on any atom is 0.236 e. The summed E-state index contributed by atoms with van der Waals surface area (Å²) in [6.07, 6.45) is 0.584. The Labute approximate surface area is 152 Å². The van der Waals surface area contributed by atoms with E-state index in [0.29, 0.717) is 11.4 Å². The van der Waals surface area contributed by atoms with Crippen LogP contribution in [0.1, 0.15) is 25.8 Å². The lowest BCUT2D eigenvalue weighted by Gasteiger charge is -2.22. The number of fused-ring (bicyclic) bond motifs is 1. The van der Waals surface area contributed by atoms with E-state index in [1.54, 1.807) is 29.2 Å². The first kappa shape index (κ1) is 17.7. The van der Waals surface area contributed by atoms with Crippen molar-refractivity contribution in [3.05, 3.63) is 54.1 Å². The van der Waals surface area contributed by atoms with Crippen molar-refractivity contribution in [1.29, 1.82) is 0 Å². The average molecular weight is 351 g/mol. The van der Waals surface area contributed by atoms with Crippen LogP contribution in [-0.2, 0) is 20.8 Å². The van der Waals surface area contributed by atoms with Gasteiger partial charge in [0.05, 0.1) is 0 Å². The Hall–Kier alpha value is -3.15. The number of rotatable bonds is 4. The molecule has 134 valence electrons. The summed E-state index contributed by atoms with van der Waals surface area (Å²) >= 11 is 0. The summed E-state index contributed by atoms with van der Waals surface area (Å²) in [4.78, 5) is 37.6. The van der Waals surface area contributed by atoms with Crippen LogP contribution >= 0.6 is 0 Å². The third-order valence-electron chi connectivity index (χ3n) is 4.28. The molecule has 1 unspecified atom stereocenters. The number of nitrogens with zero attached hydrogens (tertiary/aromatic N) is 1. The number of hydrogen-bond donors (Lipinski definition) is 2. The van der Waals surface area contributed by atoms with Gasteiger partial charge in [-0.2, -0.15) is 0 Å². The standard InChI is InChI=1S/C20H21N3O3/c1-13-11-15-5-3-4-6-18(15)23(13)20(26)12-19(25)22-17-9-7-16(8-10-17)21-14(2)24/h3-10,13H,11-12H2,1-2H3,(H,21,24)(H,22,25). The normalized spacial score (nSPS) is 15.3. The first-order valence-corrected chi connectivity index (χ1v) is 8.51. The lowest BCUT2D eigenvalue weighted by Crippen LogP contribution is -2.37. The van der Waals surface area contributed by atoms with Gasteiger partial charge >= 0.3 is 0 Å². The van der Waals surface area contributed by atoms with Gasteiger partial charge in [0.15, 0.2) is 0 Å². The summed E-state index contributed by atoms with van der Waals surface area (Å²) in [5.74, 6) is -0.735. The number of anilines is 3. The molecule has 2 N–H and O–H groups in total. The maximum atomic E-state index is 12.6. The highest BCUT2D eigenvalue weighted by Gasteiger charge is 2.31. The molecule has 6 nitrogen and oxygen atoms in total. The molecule has 0 saturated carbocycles. The van der Waals surface area contributed by atoms with E-state index in [1.807, 2.05) is 31.2 Å². The van der Waals surface area contributed by atoms with E-state index in [1.165, 1.54) is 6.92 Å². The van der Waals surface area contributed by atoms with Gasteiger partial charge in [-0.1, -0.05) is 18.2 Å². The minimum atomic E-state index is -0.362. The van der Waals surface area contributed by atoms with E-state index in [4.69, 9.17) is 0 Å². The van der Waals surface area contributed by atoms with Crippen LogP contribution in [0.4, 0.5) is 17.1 Å². The van der Waals surface area contributed by atoms with Gasteiger partial charge in [-0.05, 0) is 49.2 Å². The minimum Gasteiger partial charge on any atom is -0.326 e. The third-order valence-corrected chi connectivity index (χ3v) is 4.28. The van der Waals surface area contributed by atoms with Gasteiger partial charge < -0.3 is 15.5 Å². The van der Waals surface area contributed by atoms with Gasteiger partial charge in [0.25, 0.3) is 0 Å². The van der Waals surface area contributed by atoms with Crippen LogP contribution in [0.15, 0.2) is 48.5 Å². The number of carbonyl (C=O) groups excluding carboxylic acids is 3.